The predicted octanol–water partition coefficient (Wildman–Crippen LogP) is 13.3. The Hall–Kier alpha value is -6.57. The van der Waals surface area contributed by atoms with E-state index in [4.69, 9.17) is 0 Å². The van der Waals surface area contributed by atoms with Crippen molar-refractivity contribution in [2.24, 2.45) is 0 Å². The smallest absolute Gasteiger partial charge is 0.270 e. The first-order valence-electron chi connectivity index (χ1n) is 19.3. The van der Waals surface area contributed by atoms with Crippen molar-refractivity contribution in [1.29, 1.82) is 0 Å². The van der Waals surface area contributed by atoms with Crippen LogP contribution in [0, 0.1) is 0 Å². The Morgan fingerprint density at radius 2 is 0.549 bits per heavy atom. The SMILES string of the molecule is FC(F)(F)c1cc([B-](c2cc(C(F)(F)F)cc(C(F)(F)F)c2)(c2cc(C(F)(F)F)cc(C(F)(F)F)c2)c2cc(C(F)(F)F)cc(C(F)(F)F)c2)cc(C(F)(F)F)c1.c1ccc(CNc2cccc[nH+]2)cc1. The quantitative estimate of drug-likeness (QED) is 0.125. The van der Waals surface area contributed by atoms with Gasteiger partial charge >= 0.3 is 49.4 Å². The van der Waals surface area contributed by atoms with Gasteiger partial charge in [-0.1, -0.05) is 84.9 Å². The molecule has 0 aliphatic carbocycles. The normalized spacial score (nSPS) is 13.4. The van der Waals surface area contributed by atoms with Gasteiger partial charge in [-0.3, -0.25) is 5.32 Å². The second-order valence-electron chi connectivity index (χ2n) is 15.3. The van der Waals surface area contributed by atoms with E-state index in [1.165, 1.54) is 5.56 Å². The Morgan fingerprint density at radius 1 is 0.310 bits per heavy atom. The fraction of sp³-hybridized carbons (Fsp3) is 0.205. The number of alkyl halides is 24. The zero-order valence-electron chi connectivity index (χ0n) is 34.5. The molecule has 0 bridgehead atoms. The van der Waals surface area contributed by atoms with Crippen LogP contribution in [0.1, 0.15) is 50.1 Å². The molecule has 1 heterocycles. The summed E-state index contributed by atoms with van der Waals surface area (Å²) in [5, 5.41) is 3.31. The lowest BCUT2D eigenvalue weighted by molar-refractivity contribution is -0.361. The summed E-state index contributed by atoms with van der Waals surface area (Å²) in [6, 6.07) is 7.51. The van der Waals surface area contributed by atoms with Crippen LogP contribution < -0.4 is 32.2 Å². The molecule has 2 N–H and O–H groups in total. The average molecular weight is 1050 g/mol. The fourth-order valence-corrected chi connectivity index (χ4v) is 7.37. The molecule has 0 saturated heterocycles. The number of aromatic nitrogens is 1. The standard InChI is InChI=1S/C32H12BF24.C12H12N2/c34-25(35,36)13-1-14(26(37,38)39)6-21(5-13)33(22-7-15(27(40,41)42)2-16(8-22)28(43,44)45,23-9-17(29(46,47)48)3-18(10-23)30(49,50)51)24-11-19(31(52,53)54)4-20(12-24)32(55,56)57;1-2-6-11(7-3-1)10-14-12-8-4-5-9-13-12/h1-12H;1-9H,10H2,(H,13,14)/q-1;/p+1. The van der Waals surface area contributed by atoms with Gasteiger partial charge in [0.1, 0.15) is 12.7 Å². The third-order valence-corrected chi connectivity index (χ3v) is 10.5. The first-order chi connectivity index (χ1) is 32.2. The Kier molecular flexibility index (Phi) is 15.0. The topological polar surface area (TPSA) is 26.2 Å². The number of pyridine rings is 1. The number of hydrogen-bond donors (Lipinski definition) is 1. The molecule has 1 aromatic heterocycles. The number of anilines is 1. The van der Waals surface area contributed by atoms with Crippen molar-refractivity contribution in [2.45, 2.75) is 56.0 Å². The molecule has 0 aliphatic heterocycles. The maximum atomic E-state index is 14.2. The van der Waals surface area contributed by atoms with E-state index in [0.717, 1.165) is 12.4 Å². The second kappa shape index (κ2) is 19.2. The molecule has 5 aromatic carbocycles. The second-order valence-corrected chi connectivity index (χ2v) is 15.3. The lowest BCUT2D eigenvalue weighted by atomic mass is 9.12. The average Bonchev–Trinajstić information content (AvgIpc) is 3.24. The number of aromatic amines is 1. The van der Waals surface area contributed by atoms with Crippen molar-refractivity contribution in [2.75, 3.05) is 5.32 Å². The molecule has 0 fully saturated rings. The molecule has 6 aromatic rings. The van der Waals surface area contributed by atoms with E-state index in [-0.39, 0.29) is 0 Å². The molecular weight excluding hydrogens is 1020 g/mol. The van der Waals surface area contributed by atoms with Crippen LogP contribution in [0.3, 0.4) is 0 Å². The number of benzene rings is 5. The van der Waals surface area contributed by atoms with Crippen LogP contribution in [-0.2, 0) is 56.0 Å². The Bertz CT molecular complexity index is 2320. The van der Waals surface area contributed by atoms with E-state index in [2.05, 4.69) is 22.4 Å². The third-order valence-electron chi connectivity index (χ3n) is 10.5. The van der Waals surface area contributed by atoms with Gasteiger partial charge < -0.3 is 0 Å². The molecule has 27 heteroatoms. The van der Waals surface area contributed by atoms with Gasteiger partial charge in [0.15, 0.2) is 0 Å². The predicted molar refractivity (Wildman–Crippen MR) is 207 cm³/mol. The molecule has 2 nitrogen and oxygen atoms in total. The largest absolute Gasteiger partial charge is 0.416 e. The van der Waals surface area contributed by atoms with E-state index in [0.29, 0.717) is 0 Å². The molecule has 0 radical (unpaired) electrons. The van der Waals surface area contributed by atoms with Gasteiger partial charge in [0, 0.05) is 6.07 Å². The van der Waals surface area contributed by atoms with Crippen molar-refractivity contribution < 1.29 is 110 Å². The summed E-state index contributed by atoms with van der Waals surface area (Å²) >= 11 is 0. The highest BCUT2D eigenvalue weighted by molar-refractivity contribution is 7.20. The molecule has 0 spiro atoms. The van der Waals surface area contributed by atoms with E-state index in [1.54, 1.807) is 0 Å². The Balaban J connectivity index is 0.000000569. The van der Waals surface area contributed by atoms with Crippen molar-refractivity contribution in [1.82, 2.24) is 0 Å². The molecule has 6 rings (SSSR count). The lowest BCUT2D eigenvalue weighted by Gasteiger charge is -2.46. The molecule has 71 heavy (non-hydrogen) atoms. The van der Waals surface area contributed by atoms with Crippen LogP contribution in [0.25, 0.3) is 0 Å². The van der Waals surface area contributed by atoms with Gasteiger partial charge in [-0.05, 0) is 35.9 Å². The lowest BCUT2D eigenvalue weighted by Crippen LogP contribution is -2.75. The summed E-state index contributed by atoms with van der Waals surface area (Å²) in [5.74, 6) is 1.04. The molecular formula is C44H25BF24N2. The molecule has 382 valence electrons. The number of nitrogens with one attached hydrogen (secondary N) is 2. The zero-order chi connectivity index (χ0) is 53.6. The summed E-state index contributed by atoms with van der Waals surface area (Å²) < 4.78 is 341. The maximum Gasteiger partial charge on any atom is 0.416 e. The van der Waals surface area contributed by atoms with E-state index < -0.39 is 195 Å². The third kappa shape index (κ3) is 13.2. The van der Waals surface area contributed by atoms with Gasteiger partial charge in [0.2, 0.25) is 0 Å². The molecule has 0 aliphatic rings. The molecule has 0 unspecified atom stereocenters. The van der Waals surface area contributed by atoms with Crippen molar-refractivity contribution in [3.8, 4) is 0 Å². The minimum atomic E-state index is -6.13. The van der Waals surface area contributed by atoms with E-state index in [9.17, 15) is 105 Å². The maximum absolute atomic E-state index is 14.2. The van der Waals surface area contributed by atoms with E-state index >= 15 is 0 Å². The number of H-pyrrole nitrogens is 1. The molecule has 0 saturated carbocycles. The Morgan fingerprint density at radius 3 is 0.761 bits per heavy atom. The first kappa shape index (κ1) is 55.4. The summed E-state index contributed by atoms with van der Waals surface area (Å²) in [5.41, 5.74) is -28.9. The number of halogens is 24. The summed E-state index contributed by atoms with van der Waals surface area (Å²) in [6.07, 6.45) is -52.9. The fourth-order valence-electron chi connectivity index (χ4n) is 7.37. The number of hydrogen-bond acceptors (Lipinski definition) is 1. The van der Waals surface area contributed by atoms with Crippen LogP contribution in [0.4, 0.5) is 111 Å². The van der Waals surface area contributed by atoms with Gasteiger partial charge in [-0.2, -0.15) is 127 Å². The number of rotatable bonds is 7. The van der Waals surface area contributed by atoms with Gasteiger partial charge in [0.05, 0.1) is 50.7 Å². The van der Waals surface area contributed by atoms with Crippen molar-refractivity contribution in [3.63, 3.8) is 0 Å². The summed E-state index contributed by atoms with van der Waals surface area (Å²) in [7, 11) is 0. The van der Waals surface area contributed by atoms with Crippen LogP contribution in [-0.4, -0.2) is 6.15 Å². The summed E-state index contributed by atoms with van der Waals surface area (Å²) in [6.45, 7) is 0.849. The monoisotopic (exact) mass is 1050 g/mol. The van der Waals surface area contributed by atoms with Gasteiger partial charge in [-0.25, -0.2) is 4.98 Å². The minimum Gasteiger partial charge on any atom is -0.270 e. The van der Waals surface area contributed by atoms with Gasteiger partial charge in [0.25, 0.3) is 5.82 Å². The highest BCUT2D eigenvalue weighted by Crippen LogP contribution is 2.41. The van der Waals surface area contributed by atoms with Crippen LogP contribution in [0.15, 0.2) is 128 Å². The first-order valence-corrected chi connectivity index (χ1v) is 19.3. The molecule has 0 amide bonds. The Labute approximate surface area is 382 Å². The van der Waals surface area contributed by atoms with Crippen LogP contribution in [0.2, 0.25) is 0 Å². The zero-order valence-corrected chi connectivity index (χ0v) is 34.5. The highest BCUT2D eigenvalue weighted by atomic mass is 19.4. The van der Waals surface area contributed by atoms with Crippen LogP contribution >= 0.6 is 0 Å². The molecule has 0 atom stereocenters. The van der Waals surface area contributed by atoms with Crippen molar-refractivity contribution >= 4 is 33.8 Å². The van der Waals surface area contributed by atoms with Gasteiger partial charge in [-0.15, -0.1) is 0 Å². The highest BCUT2D eigenvalue weighted by Gasteiger charge is 2.47. The minimum absolute atomic E-state index is 0.691. The summed E-state index contributed by atoms with van der Waals surface area (Å²) in [4.78, 5) is 3.13. The van der Waals surface area contributed by atoms with Crippen molar-refractivity contribution in [3.05, 3.63) is 178 Å². The van der Waals surface area contributed by atoms with E-state index in [1.807, 2.05) is 42.6 Å². The van der Waals surface area contributed by atoms with Crippen LogP contribution in [0.5, 0.6) is 0 Å².